The van der Waals surface area contributed by atoms with E-state index in [9.17, 15) is 5.11 Å². The van der Waals surface area contributed by atoms with Gasteiger partial charge >= 0.3 is 0 Å². The molecular formula is C10H9BrOS2. The lowest BCUT2D eigenvalue weighted by atomic mass is 10.2. The van der Waals surface area contributed by atoms with E-state index in [-0.39, 0.29) is 0 Å². The fraction of sp³-hybridized carbons (Fsp3) is 0.200. The number of halogens is 1. The largest absolute Gasteiger partial charge is 0.508 e. The van der Waals surface area contributed by atoms with Crippen LogP contribution >= 0.6 is 39.0 Å². The average molecular weight is 289 g/mol. The van der Waals surface area contributed by atoms with Crippen LogP contribution in [-0.2, 0) is 5.33 Å². The predicted molar refractivity (Wildman–Crippen MR) is 67.9 cm³/mol. The molecule has 0 radical (unpaired) electrons. The molecule has 0 saturated heterocycles. The highest BCUT2D eigenvalue weighted by Gasteiger charge is 2.06. The maximum Gasteiger partial charge on any atom is 0.121 e. The standard InChI is InChI=1S/C10H9BrOS2/c1-13-10-3-6-2-7(5-11)8(12)4-9(6)14-10/h2-4,12H,5H2,1H3. The lowest BCUT2D eigenvalue weighted by molar-refractivity contribution is 0.472. The van der Waals surface area contributed by atoms with Crippen molar-refractivity contribution in [2.45, 2.75) is 9.54 Å². The highest BCUT2D eigenvalue weighted by molar-refractivity contribution is 9.08. The Morgan fingerprint density at radius 2 is 2.21 bits per heavy atom. The molecule has 0 fully saturated rings. The van der Waals surface area contributed by atoms with E-state index in [2.05, 4.69) is 28.3 Å². The summed E-state index contributed by atoms with van der Waals surface area (Å²) >= 11 is 6.81. The van der Waals surface area contributed by atoms with Crippen LogP contribution in [-0.4, -0.2) is 11.4 Å². The normalized spacial score (nSPS) is 11.0. The van der Waals surface area contributed by atoms with Gasteiger partial charge in [-0.1, -0.05) is 15.9 Å². The van der Waals surface area contributed by atoms with E-state index in [0.29, 0.717) is 11.1 Å². The van der Waals surface area contributed by atoms with Crippen LogP contribution in [0.4, 0.5) is 0 Å². The van der Waals surface area contributed by atoms with Crippen LogP contribution in [0.5, 0.6) is 5.75 Å². The molecule has 0 amide bonds. The fourth-order valence-electron chi connectivity index (χ4n) is 1.31. The highest BCUT2D eigenvalue weighted by Crippen LogP contribution is 2.35. The van der Waals surface area contributed by atoms with E-state index < -0.39 is 0 Å². The molecule has 0 unspecified atom stereocenters. The summed E-state index contributed by atoms with van der Waals surface area (Å²) in [5.74, 6) is 0.379. The molecule has 1 aromatic heterocycles. The van der Waals surface area contributed by atoms with Crippen molar-refractivity contribution in [2.75, 3.05) is 6.26 Å². The van der Waals surface area contributed by atoms with Crippen molar-refractivity contribution in [1.29, 1.82) is 0 Å². The molecule has 1 heterocycles. The Morgan fingerprint density at radius 1 is 1.43 bits per heavy atom. The average Bonchev–Trinajstić information content (AvgIpc) is 2.58. The molecule has 0 aliphatic carbocycles. The Bertz CT molecular complexity index is 464. The number of phenols is 1. The van der Waals surface area contributed by atoms with Gasteiger partial charge in [0.25, 0.3) is 0 Å². The Morgan fingerprint density at radius 3 is 2.86 bits per heavy atom. The van der Waals surface area contributed by atoms with Gasteiger partial charge in [0.2, 0.25) is 0 Å². The molecule has 0 saturated carbocycles. The zero-order valence-electron chi connectivity index (χ0n) is 7.58. The summed E-state index contributed by atoms with van der Waals surface area (Å²) in [6.45, 7) is 0. The number of phenolic OH excluding ortho intramolecular Hbond substituents is 1. The summed E-state index contributed by atoms with van der Waals surface area (Å²) in [4.78, 5) is 0. The molecule has 0 atom stereocenters. The first-order chi connectivity index (χ1) is 6.74. The van der Waals surface area contributed by atoms with Gasteiger partial charge in [0.15, 0.2) is 0 Å². The van der Waals surface area contributed by atoms with Crippen molar-refractivity contribution >= 4 is 49.1 Å². The Kier molecular flexibility index (Phi) is 3.04. The second kappa shape index (κ2) is 4.13. The van der Waals surface area contributed by atoms with Gasteiger partial charge in [0.1, 0.15) is 5.75 Å². The Hall–Kier alpha value is -0.190. The van der Waals surface area contributed by atoms with Crippen molar-refractivity contribution in [2.24, 2.45) is 0 Å². The van der Waals surface area contributed by atoms with Gasteiger partial charge in [-0.3, -0.25) is 0 Å². The number of hydrogen-bond donors (Lipinski definition) is 1. The molecule has 4 heteroatoms. The molecule has 1 nitrogen and oxygen atoms in total. The van der Waals surface area contributed by atoms with Gasteiger partial charge in [-0.25, -0.2) is 0 Å². The zero-order chi connectivity index (χ0) is 10.1. The van der Waals surface area contributed by atoms with Crippen LogP contribution in [0.3, 0.4) is 0 Å². The maximum atomic E-state index is 9.66. The van der Waals surface area contributed by atoms with Crippen molar-refractivity contribution in [3.63, 3.8) is 0 Å². The fourth-order valence-corrected chi connectivity index (χ4v) is 3.41. The van der Waals surface area contributed by atoms with E-state index in [1.165, 1.54) is 9.60 Å². The lowest BCUT2D eigenvalue weighted by Gasteiger charge is -1.99. The smallest absolute Gasteiger partial charge is 0.121 e. The van der Waals surface area contributed by atoms with Gasteiger partial charge in [-0.2, -0.15) is 0 Å². The summed E-state index contributed by atoms with van der Waals surface area (Å²) in [5, 5.41) is 11.6. The first-order valence-electron chi connectivity index (χ1n) is 4.10. The minimum Gasteiger partial charge on any atom is -0.508 e. The van der Waals surface area contributed by atoms with Gasteiger partial charge in [-0.15, -0.1) is 23.1 Å². The van der Waals surface area contributed by atoms with E-state index in [1.807, 2.05) is 12.1 Å². The number of aromatic hydroxyl groups is 1. The van der Waals surface area contributed by atoms with E-state index >= 15 is 0 Å². The third-order valence-corrected chi connectivity index (χ3v) is 4.81. The van der Waals surface area contributed by atoms with Crippen molar-refractivity contribution in [3.05, 3.63) is 23.8 Å². The van der Waals surface area contributed by atoms with E-state index in [1.54, 1.807) is 23.1 Å². The quantitative estimate of drug-likeness (QED) is 0.659. The van der Waals surface area contributed by atoms with E-state index in [0.717, 1.165) is 10.3 Å². The zero-order valence-corrected chi connectivity index (χ0v) is 10.8. The molecule has 0 aliphatic heterocycles. The summed E-state index contributed by atoms with van der Waals surface area (Å²) in [5.41, 5.74) is 0.947. The Balaban J connectivity index is 2.64. The van der Waals surface area contributed by atoms with Crippen LogP contribution < -0.4 is 0 Å². The van der Waals surface area contributed by atoms with Crippen molar-refractivity contribution in [1.82, 2.24) is 0 Å². The summed E-state index contributed by atoms with van der Waals surface area (Å²) in [7, 11) is 0. The number of hydrogen-bond acceptors (Lipinski definition) is 3. The van der Waals surface area contributed by atoms with Crippen LogP contribution in [0.2, 0.25) is 0 Å². The predicted octanol–water partition coefficient (Wildman–Crippen LogP) is 4.22. The van der Waals surface area contributed by atoms with E-state index in [4.69, 9.17) is 0 Å². The van der Waals surface area contributed by atoms with Crippen LogP contribution in [0.25, 0.3) is 10.1 Å². The molecule has 74 valence electrons. The summed E-state index contributed by atoms with van der Waals surface area (Å²) in [6.07, 6.45) is 2.07. The molecule has 1 aromatic carbocycles. The number of rotatable bonds is 2. The number of benzene rings is 1. The number of thioether (sulfide) groups is 1. The molecular weight excluding hydrogens is 280 g/mol. The molecule has 1 N–H and O–H groups in total. The van der Waals surface area contributed by atoms with Crippen LogP contribution in [0.15, 0.2) is 22.4 Å². The van der Waals surface area contributed by atoms with Gasteiger partial charge in [0.05, 0.1) is 4.21 Å². The second-order valence-corrected chi connectivity index (χ2v) is 5.67. The number of alkyl halides is 1. The third kappa shape index (κ3) is 1.78. The summed E-state index contributed by atoms with van der Waals surface area (Å²) < 4.78 is 2.43. The lowest BCUT2D eigenvalue weighted by Crippen LogP contribution is -1.77. The monoisotopic (exact) mass is 288 g/mol. The first-order valence-corrected chi connectivity index (χ1v) is 7.26. The van der Waals surface area contributed by atoms with Gasteiger partial charge in [-0.05, 0) is 29.8 Å². The number of fused-ring (bicyclic) bond motifs is 1. The minimum absolute atomic E-state index is 0.379. The third-order valence-electron chi connectivity index (χ3n) is 2.04. The van der Waals surface area contributed by atoms with Gasteiger partial charge in [0, 0.05) is 15.6 Å². The highest BCUT2D eigenvalue weighted by atomic mass is 79.9. The molecule has 0 spiro atoms. The van der Waals surface area contributed by atoms with Crippen molar-refractivity contribution < 1.29 is 5.11 Å². The minimum atomic E-state index is 0.379. The van der Waals surface area contributed by atoms with Crippen LogP contribution in [0, 0.1) is 0 Å². The van der Waals surface area contributed by atoms with Crippen molar-refractivity contribution in [3.8, 4) is 5.75 Å². The summed E-state index contributed by atoms with van der Waals surface area (Å²) in [6, 6.07) is 6.04. The Labute approximate surface area is 99.3 Å². The maximum absolute atomic E-state index is 9.66. The first kappa shape index (κ1) is 10.3. The molecule has 14 heavy (non-hydrogen) atoms. The second-order valence-electron chi connectivity index (χ2n) is 2.92. The number of thiophene rings is 1. The van der Waals surface area contributed by atoms with Crippen LogP contribution in [0.1, 0.15) is 5.56 Å². The molecule has 0 bridgehead atoms. The molecule has 2 rings (SSSR count). The van der Waals surface area contributed by atoms with Gasteiger partial charge < -0.3 is 5.11 Å². The molecule has 2 aromatic rings. The SMILES string of the molecule is CSc1cc2cc(CBr)c(O)cc2s1. The topological polar surface area (TPSA) is 20.2 Å². The molecule has 0 aliphatic rings.